The number of ether oxygens (including phenoxy) is 1. The molecule has 2 aromatic heterocycles. The van der Waals surface area contributed by atoms with Crippen molar-refractivity contribution in [1.29, 1.82) is 0 Å². The molecular formula is C17H16ClN3O2. The summed E-state index contributed by atoms with van der Waals surface area (Å²) >= 11 is 5.99. The number of hydrogen-bond donors (Lipinski definition) is 0. The van der Waals surface area contributed by atoms with Gasteiger partial charge in [0.15, 0.2) is 5.65 Å². The van der Waals surface area contributed by atoms with Crippen molar-refractivity contribution in [2.75, 3.05) is 7.11 Å². The van der Waals surface area contributed by atoms with Gasteiger partial charge in [0.2, 0.25) is 5.28 Å². The maximum Gasteiger partial charge on any atom is 0.263 e. The Morgan fingerprint density at radius 2 is 1.91 bits per heavy atom. The normalized spacial score (nSPS) is 11.0. The third-order valence-electron chi connectivity index (χ3n) is 3.80. The van der Waals surface area contributed by atoms with Crippen LogP contribution in [0.1, 0.15) is 11.1 Å². The topological polar surface area (TPSA) is 57.0 Å². The van der Waals surface area contributed by atoms with Crippen LogP contribution in [0.25, 0.3) is 22.3 Å². The molecule has 0 aliphatic carbocycles. The van der Waals surface area contributed by atoms with Gasteiger partial charge in [0.1, 0.15) is 5.75 Å². The first-order valence-electron chi connectivity index (χ1n) is 7.11. The Labute approximate surface area is 138 Å². The zero-order valence-electron chi connectivity index (χ0n) is 13.3. The van der Waals surface area contributed by atoms with Crippen LogP contribution in [0.3, 0.4) is 0 Å². The summed E-state index contributed by atoms with van der Waals surface area (Å²) in [5, 5.41) is 0.545. The van der Waals surface area contributed by atoms with Crippen molar-refractivity contribution < 1.29 is 4.74 Å². The van der Waals surface area contributed by atoms with E-state index in [-0.39, 0.29) is 10.8 Å². The first kappa shape index (κ1) is 15.5. The third-order valence-corrected chi connectivity index (χ3v) is 4.14. The summed E-state index contributed by atoms with van der Waals surface area (Å²) in [6.45, 7) is 4.01. The summed E-state index contributed by atoms with van der Waals surface area (Å²) in [5.74, 6) is 0.740. The van der Waals surface area contributed by atoms with Gasteiger partial charge < -0.3 is 4.74 Å². The first-order chi connectivity index (χ1) is 10.9. The van der Waals surface area contributed by atoms with E-state index in [1.165, 1.54) is 4.57 Å². The van der Waals surface area contributed by atoms with Gasteiger partial charge in [-0.05, 0) is 54.8 Å². The number of pyridine rings is 1. The molecule has 1 aromatic carbocycles. The molecule has 0 N–H and O–H groups in total. The van der Waals surface area contributed by atoms with Crippen LogP contribution in [0, 0.1) is 13.8 Å². The molecule has 5 nitrogen and oxygen atoms in total. The van der Waals surface area contributed by atoms with E-state index in [0.717, 1.165) is 22.4 Å². The number of nitrogens with zero attached hydrogens (tertiary/aromatic N) is 3. The molecule has 0 atom stereocenters. The molecule has 23 heavy (non-hydrogen) atoms. The molecule has 0 fully saturated rings. The number of fused-ring (bicyclic) bond motifs is 1. The van der Waals surface area contributed by atoms with Crippen LogP contribution in [0.4, 0.5) is 0 Å². The summed E-state index contributed by atoms with van der Waals surface area (Å²) in [7, 11) is 3.21. The van der Waals surface area contributed by atoms with Gasteiger partial charge in [-0.25, -0.2) is 4.98 Å². The molecule has 2 heterocycles. The third kappa shape index (κ3) is 2.57. The van der Waals surface area contributed by atoms with Gasteiger partial charge in [0, 0.05) is 12.6 Å². The molecule has 6 heteroatoms. The summed E-state index contributed by atoms with van der Waals surface area (Å²) in [6.07, 6.45) is 0. The number of methoxy groups -OCH3 is 1. The van der Waals surface area contributed by atoms with E-state index < -0.39 is 0 Å². The van der Waals surface area contributed by atoms with Gasteiger partial charge in [-0.3, -0.25) is 9.36 Å². The van der Waals surface area contributed by atoms with E-state index in [1.54, 1.807) is 26.3 Å². The molecule has 0 saturated carbocycles. The molecule has 3 aromatic rings. The average Bonchev–Trinajstić information content (AvgIpc) is 2.51. The lowest BCUT2D eigenvalue weighted by molar-refractivity contribution is 0.415. The Hall–Kier alpha value is -2.40. The first-order valence-corrected chi connectivity index (χ1v) is 7.49. The summed E-state index contributed by atoms with van der Waals surface area (Å²) in [5.41, 5.74) is 3.86. The molecule has 0 aliphatic rings. The van der Waals surface area contributed by atoms with Crippen molar-refractivity contribution in [1.82, 2.24) is 14.5 Å². The zero-order valence-corrected chi connectivity index (χ0v) is 14.1. The zero-order chi connectivity index (χ0) is 16.7. The average molecular weight is 330 g/mol. The quantitative estimate of drug-likeness (QED) is 0.677. The molecular weight excluding hydrogens is 314 g/mol. The molecule has 0 saturated heterocycles. The fraction of sp³-hybridized carbons (Fsp3) is 0.235. The van der Waals surface area contributed by atoms with Crippen LogP contribution in [-0.2, 0) is 7.05 Å². The van der Waals surface area contributed by atoms with Gasteiger partial charge in [-0.1, -0.05) is 6.07 Å². The minimum Gasteiger partial charge on any atom is -0.496 e. The Kier molecular flexibility index (Phi) is 3.82. The maximum absolute atomic E-state index is 12.2. The highest BCUT2D eigenvalue weighted by Gasteiger charge is 2.14. The highest BCUT2D eigenvalue weighted by atomic mass is 35.5. The Morgan fingerprint density at radius 1 is 1.17 bits per heavy atom. The summed E-state index contributed by atoms with van der Waals surface area (Å²) in [4.78, 5) is 20.9. The highest BCUT2D eigenvalue weighted by Crippen LogP contribution is 2.33. The number of rotatable bonds is 2. The second-order valence-corrected chi connectivity index (χ2v) is 5.81. The number of benzene rings is 1. The second-order valence-electron chi connectivity index (χ2n) is 5.47. The molecule has 0 radical (unpaired) electrons. The maximum atomic E-state index is 12.2. The smallest absolute Gasteiger partial charge is 0.263 e. The van der Waals surface area contributed by atoms with Gasteiger partial charge in [0.25, 0.3) is 5.56 Å². The lowest BCUT2D eigenvalue weighted by Gasteiger charge is -2.13. The highest BCUT2D eigenvalue weighted by molar-refractivity contribution is 6.28. The van der Waals surface area contributed by atoms with Crippen LogP contribution < -0.4 is 10.3 Å². The lowest BCUT2D eigenvalue weighted by Crippen LogP contribution is -2.19. The standard InChI is InChI=1S/C17H16ClN3O2/c1-9-7-10(2)14(13(8-9)23-4)12-6-5-11-15(19-12)20-17(18)21(3)16(11)22/h5-8H,1-4H3. The second kappa shape index (κ2) is 5.66. The number of aryl methyl sites for hydroxylation is 2. The summed E-state index contributed by atoms with van der Waals surface area (Å²) < 4.78 is 6.78. The SMILES string of the molecule is COc1cc(C)cc(C)c1-c1ccc2c(=O)n(C)c(Cl)nc2n1. The van der Waals surface area contributed by atoms with Crippen molar-refractivity contribution in [3.05, 3.63) is 51.0 Å². The Morgan fingerprint density at radius 3 is 2.61 bits per heavy atom. The van der Waals surface area contributed by atoms with E-state index in [2.05, 4.69) is 16.0 Å². The van der Waals surface area contributed by atoms with E-state index in [4.69, 9.17) is 16.3 Å². The van der Waals surface area contributed by atoms with Crippen LogP contribution in [0.2, 0.25) is 5.28 Å². The van der Waals surface area contributed by atoms with Crippen molar-refractivity contribution in [3.8, 4) is 17.0 Å². The predicted molar refractivity (Wildman–Crippen MR) is 91.3 cm³/mol. The van der Waals surface area contributed by atoms with Crippen LogP contribution in [0.15, 0.2) is 29.1 Å². The molecule has 0 aliphatic heterocycles. The van der Waals surface area contributed by atoms with Gasteiger partial charge >= 0.3 is 0 Å². The molecule has 0 amide bonds. The Balaban J connectivity index is 2.31. The fourth-order valence-corrected chi connectivity index (χ4v) is 2.84. The van der Waals surface area contributed by atoms with Gasteiger partial charge in [-0.15, -0.1) is 0 Å². The minimum atomic E-state index is -0.216. The largest absolute Gasteiger partial charge is 0.496 e. The fourth-order valence-electron chi connectivity index (χ4n) is 2.68. The van der Waals surface area contributed by atoms with Crippen LogP contribution in [0.5, 0.6) is 5.75 Å². The number of aromatic nitrogens is 3. The molecule has 3 rings (SSSR count). The van der Waals surface area contributed by atoms with Crippen molar-refractivity contribution >= 4 is 22.6 Å². The van der Waals surface area contributed by atoms with Crippen molar-refractivity contribution in [3.63, 3.8) is 0 Å². The minimum absolute atomic E-state index is 0.111. The summed E-state index contributed by atoms with van der Waals surface area (Å²) in [6, 6.07) is 7.55. The predicted octanol–water partition coefficient (Wildman–Crippen LogP) is 3.27. The lowest BCUT2D eigenvalue weighted by atomic mass is 10.0. The van der Waals surface area contributed by atoms with E-state index in [1.807, 2.05) is 19.9 Å². The molecule has 0 spiro atoms. The van der Waals surface area contributed by atoms with Gasteiger partial charge in [0.05, 0.1) is 18.2 Å². The molecule has 118 valence electrons. The van der Waals surface area contributed by atoms with Crippen molar-refractivity contribution in [2.24, 2.45) is 7.05 Å². The van der Waals surface area contributed by atoms with Crippen LogP contribution in [-0.4, -0.2) is 21.6 Å². The number of hydrogen-bond acceptors (Lipinski definition) is 4. The van der Waals surface area contributed by atoms with Crippen molar-refractivity contribution in [2.45, 2.75) is 13.8 Å². The van der Waals surface area contributed by atoms with E-state index >= 15 is 0 Å². The monoisotopic (exact) mass is 329 g/mol. The van der Waals surface area contributed by atoms with Gasteiger partial charge in [-0.2, -0.15) is 4.98 Å². The van der Waals surface area contributed by atoms with E-state index in [0.29, 0.717) is 16.7 Å². The van der Waals surface area contributed by atoms with E-state index in [9.17, 15) is 4.79 Å². The van der Waals surface area contributed by atoms with Crippen LogP contribution >= 0.6 is 11.6 Å². The molecule has 0 unspecified atom stereocenters. The number of halogens is 1. The molecule has 0 bridgehead atoms. The Bertz CT molecular complexity index is 980.